The van der Waals surface area contributed by atoms with E-state index in [-0.39, 0.29) is 0 Å². The van der Waals surface area contributed by atoms with Crippen LogP contribution in [0.3, 0.4) is 0 Å². The number of ether oxygens (including phenoxy) is 1. The van der Waals surface area contributed by atoms with Crippen LogP contribution < -0.4 is 10.1 Å². The molecule has 4 rings (SSSR count). The second-order valence-corrected chi connectivity index (χ2v) is 5.77. The average molecular weight is 319 g/mol. The maximum Gasteiger partial charge on any atom is 0.157 e. The van der Waals surface area contributed by atoms with Crippen LogP contribution in [0.15, 0.2) is 24.4 Å². The lowest BCUT2D eigenvalue weighted by Crippen LogP contribution is -2.03. The molecular formula is C18H17N5O. The van der Waals surface area contributed by atoms with Gasteiger partial charge in [0.25, 0.3) is 0 Å². The van der Waals surface area contributed by atoms with Gasteiger partial charge in [0, 0.05) is 19.0 Å². The molecule has 1 aliphatic rings. The fourth-order valence-electron chi connectivity index (χ4n) is 2.80. The van der Waals surface area contributed by atoms with Crippen molar-refractivity contribution in [3.05, 3.63) is 35.7 Å². The van der Waals surface area contributed by atoms with Crippen LogP contribution in [0.2, 0.25) is 0 Å². The smallest absolute Gasteiger partial charge is 0.157 e. The van der Waals surface area contributed by atoms with Crippen molar-refractivity contribution in [1.29, 1.82) is 0 Å². The lowest BCUT2D eigenvalue weighted by atomic mass is 10.2. The maximum absolute atomic E-state index is 5.50. The first-order valence-electron chi connectivity index (χ1n) is 7.83. The molecule has 1 N–H and O–H groups in total. The van der Waals surface area contributed by atoms with E-state index in [1.807, 2.05) is 22.7 Å². The molecular weight excluding hydrogens is 302 g/mol. The molecule has 0 bridgehead atoms. The first-order chi connectivity index (χ1) is 11.7. The molecule has 0 aromatic carbocycles. The van der Waals surface area contributed by atoms with E-state index in [1.54, 1.807) is 20.4 Å². The van der Waals surface area contributed by atoms with E-state index in [4.69, 9.17) is 16.3 Å². The summed E-state index contributed by atoms with van der Waals surface area (Å²) in [4.78, 5) is 9.04. The van der Waals surface area contributed by atoms with Gasteiger partial charge in [-0.15, -0.1) is 6.42 Å². The van der Waals surface area contributed by atoms with Crippen LogP contribution in [0, 0.1) is 12.3 Å². The molecule has 1 fully saturated rings. The molecule has 120 valence electrons. The molecule has 0 aliphatic heterocycles. The van der Waals surface area contributed by atoms with Crippen molar-refractivity contribution in [2.45, 2.75) is 18.8 Å². The Morgan fingerprint density at radius 2 is 2.21 bits per heavy atom. The van der Waals surface area contributed by atoms with Crippen LogP contribution in [-0.4, -0.2) is 33.7 Å². The summed E-state index contributed by atoms with van der Waals surface area (Å²) >= 11 is 0. The summed E-state index contributed by atoms with van der Waals surface area (Å²) < 4.78 is 7.30. The Balaban J connectivity index is 1.88. The highest BCUT2D eigenvalue weighted by Crippen LogP contribution is 2.43. The first kappa shape index (κ1) is 14.5. The molecule has 0 amide bonds. The van der Waals surface area contributed by atoms with Gasteiger partial charge in [0.1, 0.15) is 23.0 Å². The Hall–Kier alpha value is -3.07. The predicted molar refractivity (Wildman–Crippen MR) is 92.2 cm³/mol. The number of hydrogen-bond donors (Lipinski definition) is 1. The summed E-state index contributed by atoms with van der Waals surface area (Å²) in [5.74, 6) is 4.57. The summed E-state index contributed by atoms with van der Waals surface area (Å²) in [6.45, 7) is 0. The largest absolute Gasteiger partial charge is 0.495 e. The third-order valence-electron chi connectivity index (χ3n) is 4.22. The molecule has 6 nitrogen and oxygen atoms in total. The molecule has 0 spiro atoms. The summed E-state index contributed by atoms with van der Waals surface area (Å²) in [5, 5.41) is 7.80. The molecule has 24 heavy (non-hydrogen) atoms. The van der Waals surface area contributed by atoms with E-state index >= 15 is 0 Å². The Kier molecular flexibility index (Phi) is 3.35. The second-order valence-electron chi connectivity index (χ2n) is 5.77. The molecule has 6 heteroatoms. The molecule has 0 unspecified atom stereocenters. The molecule has 1 saturated carbocycles. The van der Waals surface area contributed by atoms with Gasteiger partial charge in [-0.05, 0) is 25.0 Å². The second kappa shape index (κ2) is 5.53. The highest BCUT2D eigenvalue weighted by Gasteiger charge is 2.29. The monoisotopic (exact) mass is 319 g/mol. The van der Waals surface area contributed by atoms with Gasteiger partial charge in [-0.25, -0.2) is 14.5 Å². The zero-order valence-electron chi connectivity index (χ0n) is 13.6. The van der Waals surface area contributed by atoms with Gasteiger partial charge in [-0.2, -0.15) is 5.10 Å². The Morgan fingerprint density at radius 3 is 2.88 bits per heavy atom. The van der Waals surface area contributed by atoms with Gasteiger partial charge < -0.3 is 10.1 Å². The van der Waals surface area contributed by atoms with Gasteiger partial charge >= 0.3 is 0 Å². The van der Waals surface area contributed by atoms with E-state index in [9.17, 15) is 0 Å². The van der Waals surface area contributed by atoms with Crippen molar-refractivity contribution in [3.8, 4) is 29.5 Å². The van der Waals surface area contributed by atoms with E-state index in [0.717, 1.165) is 46.9 Å². The number of methoxy groups -OCH3 is 1. The molecule has 0 radical (unpaired) electrons. The fraction of sp³-hybridized carbons (Fsp3) is 0.278. The summed E-state index contributed by atoms with van der Waals surface area (Å²) in [5.41, 5.74) is 4.04. The topological polar surface area (TPSA) is 64.3 Å². The molecule has 0 saturated heterocycles. The van der Waals surface area contributed by atoms with Gasteiger partial charge in [0.05, 0.1) is 24.6 Å². The first-order valence-corrected chi connectivity index (χ1v) is 7.83. The number of nitrogens with zero attached hydrogens (tertiary/aromatic N) is 4. The van der Waals surface area contributed by atoms with Gasteiger partial charge in [0.15, 0.2) is 5.65 Å². The quantitative estimate of drug-likeness (QED) is 0.749. The fourth-order valence-corrected chi connectivity index (χ4v) is 2.80. The van der Waals surface area contributed by atoms with E-state index in [2.05, 4.69) is 21.2 Å². The van der Waals surface area contributed by atoms with E-state index in [1.165, 1.54) is 0 Å². The van der Waals surface area contributed by atoms with E-state index < -0.39 is 0 Å². The highest BCUT2D eigenvalue weighted by atomic mass is 16.5. The lowest BCUT2D eigenvalue weighted by Gasteiger charge is -2.09. The number of rotatable bonds is 4. The number of terminal acetylenes is 1. The Morgan fingerprint density at radius 1 is 1.38 bits per heavy atom. The maximum atomic E-state index is 5.50. The van der Waals surface area contributed by atoms with Crippen molar-refractivity contribution in [2.75, 3.05) is 19.5 Å². The SMILES string of the molecule is C#Cc1ccc(-c2cnc3cc(OC)c(C4CC4)nn23)nc1NC. The number of imidazole rings is 1. The third-order valence-corrected chi connectivity index (χ3v) is 4.22. The molecule has 0 atom stereocenters. The van der Waals surface area contributed by atoms with Crippen molar-refractivity contribution >= 4 is 11.5 Å². The van der Waals surface area contributed by atoms with Crippen molar-refractivity contribution in [2.24, 2.45) is 0 Å². The number of nitrogens with one attached hydrogen (secondary N) is 1. The molecule has 3 heterocycles. The zero-order chi connectivity index (χ0) is 16.7. The third kappa shape index (κ3) is 2.26. The summed E-state index contributed by atoms with van der Waals surface area (Å²) in [6, 6.07) is 5.69. The van der Waals surface area contributed by atoms with Crippen molar-refractivity contribution < 1.29 is 4.74 Å². The molecule has 3 aromatic heterocycles. The van der Waals surface area contributed by atoms with Crippen molar-refractivity contribution in [3.63, 3.8) is 0 Å². The summed E-state index contributed by atoms with van der Waals surface area (Å²) in [7, 11) is 3.47. The molecule has 1 aliphatic carbocycles. The number of pyridine rings is 1. The average Bonchev–Trinajstić information content (AvgIpc) is 3.39. The minimum atomic E-state index is 0.476. The van der Waals surface area contributed by atoms with Crippen molar-refractivity contribution in [1.82, 2.24) is 19.6 Å². The zero-order valence-corrected chi connectivity index (χ0v) is 13.6. The number of aromatic nitrogens is 4. The van der Waals surface area contributed by atoms with Gasteiger partial charge in [0.2, 0.25) is 0 Å². The number of anilines is 1. The van der Waals surface area contributed by atoms with E-state index in [0.29, 0.717) is 11.7 Å². The summed E-state index contributed by atoms with van der Waals surface area (Å²) in [6.07, 6.45) is 9.58. The number of hydrogen-bond acceptors (Lipinski definition) is 5. The van der Waals surface area contributed by atoms with Crippen LogP contribution in [0.25, 0.3) is 17.0 Å². The molecule has 3 aromatic rings. The number of fused-ring (bicyclic) bond motifs is 1. The van der Waals surface area contributed by atoms with Crippen LogP contribution in [-0.2, 0) is 0 Å². The standard InChI is InChI=1S/C18H17N5O/c1-4-11-7-8-13(21-18(11)19-2)14-10-20-16-9-15(24-3)17(12-5-6-12)22-23(14)16/h1,7-10,12H,5-6H2,2-3H3,(H,19,21). The Bertz CT molecular complexity index is 965. The van der Waals surface area contributed by atoms with Crippen LogP contribution >= 0.6 is 0 Å². The predicted octanol–water partition coefficient (Wildman–Crippen LogP) is 2.70. The highest BCUT2D eigenvalue weighted by molar-refractivity contribution is 5.65. The van der Waals surface area contributed by atoms with Crippen LogP contribution in [0.5, 0.6) is 5.75 Å². The Labute approximate surface area is 139 Å². The minimum Gasteiger partial charge on any atom is -0.495 e. The van der Waals surface area contributed by atoms with Gasteiger partial charge in [-0.1, -0.05) is 5.92 Å². The van der Waals surface area contributed by atoms with Gasteiger partial charge in [-0.3, -0.25) is 0 Å². The van der Waals surface area contributed by atoms with Crippen LogP contribution in [0.4, 0.5) is 5.82 Å². The lowest BCUT2D eigenvalue weighted by molar-refractivity contribution is 0.405. The van der Waals surface area contributed by atoms with Crippen LogP contribution in [0.1, 0.15) is 30.0 Å². The minimum absolute atomic E-state index is 0.476. The normalized spacial score (nSPS) is 13.7.